The molecule has 2 rings (SSSR count). The van der Waals surface area contributed by atoms with Crippen LogP contribution in [-0.2, 0) is 0 Å². The predicted molar refractivity (Wildman–Crippen MR) is 163 cm³/mol. The first kappa shape index (κ1) is 32.7. The highest BCUT2D eigenvalue weighted by Crippen LogP contribution is 2.20. The Labute approximate surface area is 238 Å². The van der Waals surface area contributed by atoms with Gasteiger partial charge in [-0.2, -0.15) is 0 Å². The van der Waals surface area contributed by atoms with Gasteiger partial charge in [0.1, 0.15) is 17.2 Å². The van der Waals surface area contributed by atoms with E-state index < -0.39 is 0 Å². The van der Waals surface area contributed by atoms with Crippen molar-refractivity contribution in [2.45, 2.75) is 129 Å². The van der Waals surface area contributed by atoms with E-state index in [0.717, 1.165) is 30.9 Å². The Bertz CT molecular complexity index is 844. The van der Waals surface area contributed by atoms with E-state index in [-0.39, 0.29) is 5.97 Å². The second-order valence-electron chi connectivity index (χ2n) is 10.7. The molecule has 2 aromatic carbocycles. The van der Waals surface area contributed by atoms with Crippen molar-refractivity contribution >= 4 is 5.97 Å². The molecule has 0 unspecified atom stereocenters. The van der Waals surface area contributed by atoms with Crippen LogP contribution in [0.2, 0.25) is 0 Å². The normalized spacial score (nSPS) is 10.9. The van der Waals surface area contributed by atoms with Gasteiger partial charge in [0.05, 0.1) is 18.8 Å². The van der Waals surface area contributed by atoms with Crippen molar-refractivity contribution in [3.8, 4) is 17.2 Å². The quantitative estimate of drug-likeness (QED) is 0.0757. The zero-order valence-electron chi connectivity index (χ0n) is 24.9. The van der Waals surface area contributed by atoms with Gasteiger partial charge in [-0.3, -0.25) is 0 Å². The topological polar surface area (TPSA) is 44.8 Å². The minimum absolute atomic E-state index is 0.373. The summed E-state index contributed by atoms with van der Waals surface area (Å²) in [7, 11) is 0. The van der Waals surface area contributed by atoms with Crippen molar-refractivity contribution in [1.29, 1.82) is 0 Å². The Balaban J connectivity index is 1.49. The third-order valence-corrected chi connectivity index (χ3v) is 7.16. The van der Waals surface area contributed by atoms with Gasteiger partial charge >= 0.3 is 5.97 Å². The number of unbranched alkanes of at least 4 members (excludes halogenated alkanes) is 16. The monoisotopic (exact) mass is 538 g/mol. The van der Waals surface area contributed by atoms with Gasteiger partial charge in [0.25, 0.3) is 0 Å². The summed E-state index contributed by atoms with van der Waals surface area (Å²) in [6, 6.07) is 14.4. The second kappa shape index (κ2) is 22.3. The van der Waals surface area contributed by atoms with E-state index in [0.29, 0.717) is 17.9 Å². The molecule has 0 aliphatic carbocycles. The smallest absolute Gasteiger partial charge is 0.343 e. The molecule has 0 atom stereocenters. The highest BCUT2D eigenvalue weighted by Gasteiger charge is 2.09. The number of hydrogen-bond acceptors (Lipinski definition) is 4. The number of esters is 1. The fourth-order valence-corrected chi connectivity index (χ4v) is 4.66. The van der Waals surface area contributed by atoms with Gasteiger partial charge in [0.2, 0.25) is 0 Å². The van der Waals surface area contributed by atoms with Gasteiger partial charge in [0, 0.05) is 0 Å². The molecule has 0 N–H and O–H groups in total. The Kier molecular flexibility index (Phi) is 18.7. The molecule has 0 saturated heterocycles. The number of carbonyl (C=O) groups excluding carboxylic acids is 1. The molecule has 0 amide bonds. The molecule has 0 radical (unpaired) electrons. The number of benzene rings is 2. The molecule has 0 aromatic heterocycles. The molecule has 0 bridgehead atoms. The van der Waals surface area contributed by atoms with Gasteiger partial charge in [-0.1, -0.05) is 117 Å². The van der Waals surface area contributed by atoms with Crippen molar-refractivity contribution in [3.05, 3.63) is 54.1 Å². The van der Waals surface area contributed by atoms with Gasteiger partial charge in [0.15, 0.2) is 0 Å². The Morgan fingerprint density at radius 2 is 0.795 bits per heavy atom. The Morgan fingerprint density at radius 1 is 0.462 bits per heavy atom. The van der Waals surface area contributed by atoms with Crippen LogP contribution in [0.4, 0.5) is 0 Å². The lowest BCUT2D eigenvalue weighted by Gasteiger charge is -2.09. The third kappa shape index (κ3) is 16.3. The molecular weight excluding hydrogens is 484 g/mol. The second-order valence-corrected chi connectivity index (χ2v) is 10.7. The first-order chi connectivity index (χ1) is 19.2. The van der Waals surface area contributed by atoms with Crippen LogP contribution < -0.4 is 14.2 Å². The number of ether oxygens (including phenoxy) is 3. The van der Waals surface area contributed by atoms with Gasteiger partial charge in [-0.15, -0.1) is 0 Å². The van der Waals surface area contributed by atoms with E-state index in [1.54, 1.807) is 24.3 Å². The van der Waals surface area contributed by atoms with Gasteiger partial charge < -0.3 is 14.2 Å². The number of carbonyl (C=O) groups is 1. The summed E-state index contributed by atoms with van der Waals surface area (Å²) < 4.78 is 17.1. The van der Waals surface area contributed by atoms with Crippen molar-refractivity contribution in [1.82, 2.24) is 0 Å². The van der Waals surface area contributed by atoms with Crippen LogP contribution in [0.15, 0.2) is 48.5 Å². The lowest BCUT2D eigenvalue weighted by molar-refractivity contribution is 0.0734. The predicted octanol–water partition coefficient (Wildman–Crippen LogP) is 10.7. The summed E-state index contributed by atoms with van der Waals surface area (Å²) in [5.74, 6) is 1.73. The summed E-state index contributed by atoms with van der Waals surface area (Å²) in [5, 5.41) is 0. The molecule has 0 aliphatic heterocycles. The zero-order chi connectivity index (χ0) is 27.8. The maximum Gasteiger partial charge on any atom is 0.343 e. The van der Waals surface area contributed by atoms with E-state index in [4.69, 9.17) is 14.2 Å². The summed E-state index contributed by atoms with van der Waals surface area (Å²) in [5.41, 5.74) is 0.509. The third-order valence-electron chi connectivity index (χ3n) is 7.16. The first-order valence-corrected chi connectivity index (χ1v) is 15.9. The number of rotatable bonds is 24. The van der Waals surface area contributed by atoms with Crippen LogP contribution in [0, 0.1) is 0 Å². The van der Waals surface area contributed by atoms with Crippen LogP contribution in [0.3, 0.4) is 0 Å². The van der Waals surface area contributed by atoms with Crippen LogP contribution in [0.1, 0.15) is 140 Å². The standard InChI is InChI=1S/C35H54O4/c1-3-5-7-9-10-11-12-13-14-15-16-17-18-20-30-37-32-23-21-31(22-24-32)35(36)39-34-27-25-33(26-28-34)38-29-19-8-6-4-2/h21-28H,3-20,29-30H2,1-2H3. The molecule has 4 heteroatoms. The molecule has 0 saturated carbocycles. The highest BCUT2D eigenvalue weighted by molar-refractivity contribution is 5.91. The molecule has 0 fully saturated rings. The molecular formula is C35H54O4. The summed E-state index contributed by atoms with van der Waals surface area (Å²) in [6.45, 7) is 5.91. The lowest BCUT2D eigenvalue weighted by atomic mass is 10.0. The van der Waals surface area contributed by atoms with Gasteiger partial charge in [-0.25, -0.2) is 4.79 Å². The minimum atomic E-state index is -0.373. The summed E-state index contributed by atoms with van der Waals surface area (Å²) in [6.07, 6.45) is 23.6. The number of hydrogen-bond donors (Lipinski definition) is 0. The van der Waals surface area contributed by atoms with Crippen LogP contribution in [0.25, 0.3) is 0 Å². The molecule has 218 valence electrons. The van der Waals surface area contributed by atoms with Crippen molar-refractivity contribution in [3.63, 3.8) is 0 Å². The average molecular weight is 539 g/mol. The van der Waals surface area contributed by atoms with E-state index in [1.165, 1.54) is 103 Å². The fraction of sp³-hybridized carbons (Fsp3) is 0.629. The molecule has 0 spiro atoms. The van der Waals surface area contributed by atoms with Gasteiger partial charge in [-0.05, 0) is 61.4 Å². The van der Waals surface area contributed by atoms with E-state index in [1.807, 2.05) is 24.3 Å². The maximum absolute atomic E-state index is 12.5. The van der Waals surface area contributed by atoms with Crippen molar-refractivity contribution < 1.29 is 19.0 Å². The fourth-order valence-electron chi connectivity index (χ4n) is 4.66. The summed E-state index contributed by atoms with van der Waals surface area (Å²) in [4.78, 5) is 12.5. The van der Waals surface area contributed by atoms with Crippen molar-refractivity contribution in [2.24, 2.45) is 0 Å². The van der Waals surface area contributed by atoms with Crippen LogP contribution >= 0.6 is 0 Å². The Hall–Kier alpha value is -2.49. The largest absolute Gasteiger partial charge is 0.494 e. The maximum atomic E-state index is 12.5. The van der Waals surface area contributed by atoms with Crippen LogP contribution in [0.5, 0.6) is 17.2 Å². The molecule has 39 heavy (non-hydrogen) atoms. The lowest BCUT2D eigenvalue weighted by Crippen LogP contribution is -2.08. The molecule has 0 aliphatic rings. The summed E-state index contributed by atoms with van der Waals surface area (Å²) >= 11 is 0. The first-order valence-electron chi connectivity index (χ1n) is 15.9. The van der Waals surface area contributed by atoms with E-state index >= 15 is 0 Å². The van der Waals surface area contributed by atoms with Crippen LogP contribution in [-0.4, -0.2) is 19.2 Å². The molecule has 2 aromatic rings. The van der Waals surface area contributed by atoms with E-state index in [2.05, 4.69) is 13.8 Å². The molecule has 0 heterocycles. The minimum Gasteiger partial charge on any atom is -0.494 e. The zero-order valence-corrected chi connectivity index (χ0v) is 24.9. The average Bonchev–Trinajstić information content (AvgIpc) is 2.96. The van der Waals surface area contributed by atoms with E-state index in [9.17, 15) is 4.79 Å². The molecule has 4 nitrogen and oxygen atoms in total. The highest BCUT2D eigenvalue weighted by atomic mass is 16.5. The SMILES string of the molecule is CCCCCCCCCCCCCCCCOc1ccc(C(=O)Oc2ccc(OCCCCCC)cc2)cc1. The van der Waals surface area contributed by atoms with Crippen molar-refractivity contribution in [2.75, 3.05) is 13.2 Å². The Morgan fingerprint density at radius 3 is 1.23 bits per heavy atom.